The summed E-state index contributed by atoms with van der Waals surface area (Å²) in [7, 11) is 1.76. The number of carbonyl (C=O) groups is 1. The molecule has 116 valence electrons. The van der Waals surface area contributed by atoms with Crippen molar-refractivity contribution in [3.05, 3.63) is 17.7 Å². The number of amides is 1. The summed E-state index contributed by atoms with van der Waals surface area (Å²) in [6.07, 6.45) is 3.53. The van der Waals surface area contributed by atoms with Gasteiger partial charge in [-0.2, -0.15) is 0 Å². The number of ether oxygens (including phenoxy) is 1. The topological polar surface area (TPSA) is 76.1 Å². The summed E-state index contributed by atoms with van der Waals surface area (Å²) in [6.45, 7) is 7.32. The van der Waals surface area contributed by atoms with E-state index in [-0.39, 0.29) is 17.4 Å². The van der Waals surface area contributed by atoms with Gasteiger partial charge in [-0.3, -0.25) is 4.79 Å². The molecule has 0 spiro atoms. The molecule has 0 aromatic carbocycles. The van der Waals surface area contributed by atoms with Crippen LogP contribution in [-0.2, 0) is 4.74 Å². The molecule has 0 radical (unpaired) electrons. The fourth-order valence-corrected chi connectivity index (χ4v) is 2.40. The summed E-state index contributed by atoms with van der Waals surface area (Å²) in [4.78, 5) is 21.3. The maximum atomic E-state index is 12.6. The standard InChI is InChI=1S/C15H24N4O2/c1-10(2)13-17-8-11(16-4)12(18-13)14(20)19-15(3)6-5-7-21-9-15/h8,10,16H,5-7,9H2,1-4H3,(H,19,20). The first-order valence-corrected chi connectivity index (χ1v) is 7.40. The number of hydrogen-bond donors (Lipinski definition) is 2. The third-order valence-electron chi connectivity index (χ3n) is 3.66. The van der Waals surface area contributed by atoms with Crippen LogP contribution in [0.1, 0.15) is 55.8 Å². The van der Waals surface area contributed by atoms with Crippen LogP contribution in [0.4, 0.5) is 5.69 Å². The summed E-state index contributed by atoms with van der Waals surface area (Å²) in [6, 6.07) is 0. The molecular weight excluding hydrogens is 268 g/mol. The first kappa shape index (κ1) is 15.7. The second-order valence-electron chi connectivity index (χ2n) is 6.07. The lowest BCUT2D eigenvalue weighted by Crippen LogP contribution is -2.51. The predicted octanol–water partition coefficient (Wildman–Crippen LogP) is 1.94. The zero-order valence-corrected chi connectivity index (χ0v) is 13.2. The zero-order chi connectivity index (χ0) is 15.5. The molecule has 6 heteroatoms. The summed E-state index contributed by atoms with van der Waals surface area (Å²) in [5.41, 5.74) is 0.698. The normalized spacial score (nSPS) is 22.1. The van der Waals surface area contributed by atoms with E-state index < -0.39 is 0 Å². The van der Waals surface area contributed by atoms with Crippen LogP contribution < -0.4 is 10.6 Å². The highest BCUT2D eigenvalue weighted by Gasteiger charge is 2.31. The summed E-state index contributed by atoms with van der Waals surface area (Å²) >= 11 is 0. The molecule has 1 fully saturated rings. The Hall–Kier alpha value is -1.69. The third kappa shape index (κ3) is 3.69. The molecule has 1 aromatic heterocycles. The molecule has 2 rings (SSSR count). The average Bonchev–Trinajstić information content (AvgIpc) is 2.46. The number of carbonyl (C=O) groups excluding carboxylic acids is 1. The molecule has 1 atom stereocenters. The quantitative estimate of drug-likeness (QED) is 0.887. The smallest absolute Gasteiger partial charge is 0.272 e. The van der Waals surface area contributed by atoms with Crippen molar-refractivity contribution in [3.8, 4) is 0 Å². The van der Waals surface area contributed by atoms with Crippen molar-refractivity contribution >= 4 is 11.6 Å². The van der Waals surface area contributed by atoms with Crippen molar-refractivity contribution in [2.24, 2.45) is 0 Å². The zero-order valence-electron chi connectivity index (χ0n) is 13.2. The van der Waals surface area contributed by atoms with Gasteiger partial charge in [-0.25, -0.2) is 9.97 Å². The highest BCUT2D eigenvalue weighted by atomic mass is 16.5. The first-order valence-electron chi connectivity index (χ1n) is 7.40. The minimum absolute atomic E-state index is 0.177. The molecule has 1 saturated heterocycles. The molecule has 6 nitrogen and oxygen atoms in total. The van der Waals surface area contributed by atoms with Crippen LogP contribution >= 0.6 is 0 Å². The Kier molecular flexibility index (Phi) is 4.77. The van der Waals surface area contributed by atoms with E-state index in [9.17, 15) is 4.79 Å². The van der Waals surface area contributed by atoms with Crippen LogP contribution in [0.5, 0.6) is 0 Å². The van der Waals surface area contributed by atoms with Crippen molar-refractivity contribution in [3.63, 3.8) is 0 Å². The molecule has 0 bridgehead atoms. The molecule has 1 amide bonds. The lowest BCUT2D eigenvalue weighted by atomic mass is 9.94. The van der Waals surface area contributed by atoms with Gasteiger partial charge in [0.2, 0.25) is 0 Å². The molecule has 2 heterocycles. The summed E-state index contributed by atoms with van der Waals surface area (Å²) < 4.78 is 5.48. The van der Waals surface area contributed by atoms with Crippen LogP contribution in [-0.4, -0.2) is 41.7 Å². The molecule has 1 aliphatic rings. The minimum atomic E-state index is -0.330. The molecule has 1 unspecified atom stereocenters. The molecule has 1 aromatic rings. The highest BCUT2D eigenvalue weighted by molar-refractivity contribution is 5.97. The Morgan fingerprint density at radius 3 is 2.81 bits per heavy atom. The fraction of sp³-hybridized carbons (Fsp3) is 0.667. The van der Waals surface area contributed by atoms with Crippen LogP contribution in [0, 0.1) is 0 Å². The first-order chi connectivity index (χ1) is 9.95. The van der Waals surface area contributed by atoms with E-state index in [1.807, 2.05) is 20.8 Å². The molecule has 1 aliphatic heterocycles. The number of nitrogens with one attached hydrogen (secondary N) is 2. The van der Waals surface area contributed by atoms with Crippen LogP contribution in [0.15, 0.2) is 6.20 Å². The Morgan fingerprint density at radius 1 is 1.48 bits per heavy atom. The predicted molar refractivity (Wildman–Crippen MR) is 81.6 cm³/mol. The number of anilines is 1. The van der Waals surface area contributed by atoms with Gasteiger partial charge in [-0.05, 0) is 19.8 Å². The van der Waals surface area contributed by atoms with E-state index in [4.69, 9.17) is 4.74 Å². The average molecular weight is 292 g/mol. The third-order valence-corrected chi connectivity index (χ3v) is 3.66. The van der Waals surface area contributed by atoms with Gasteiger partial charge in [0.15, 0.2) is 5.69 Å². The fourth-order valence-electron chi connectivity index (χ4n) is 2.40. The lowest BCUT2D eigenvalue weighted by molar-refractivity contribution is 0.0271. The second kappa shape index (κ2) is 6.39. The van der Waals surface area contributed by atoms with Crippen molar-refractivity contribution in [2.45, 2.75) is 45.1 Å². The Labute approximate surface area is 125 Å². The van der Waals surface area contributed by atoms with Crippen molar-refractivity contribution in [1.29, 1.82) is 0 Å². The van der Waals surface area contributed by atoms with E-state index in [2.05, 4.69) is 20.6 Å². The van der Waals surface area contributed by atoms with Crippen molar-refractivity contribution in [2.75, 3.05) is 25.6 Å². The Morgan fingerprint density at radius 2 is 2.24 bits per heavy atom. The van der Waals surface area contributed by atoms with E-state index >= 15 is 0 Å². The van der Waals surface area contributed by atoms with Crippen LogP contribution in [0.25, 0.3) is 0 Å². The van der Waals surface area contributed by atoms with E-state index in [0.717, 1.165) is 19.4 Å². The number of hydrogen-bond acceptors (Lipinski definition) is 5. The highest BCUT2D eigenvalue weighted by Crippen LogP contribution is 2.21. The van der Waals surface area contributed by atoms with Gasteiger partial charge in [0.1, 0.15) is 5.82 Å². The van der Waals surface area contributed by atoms with Gasteiger partial charge in [-0.1, -0.05) is 13.8 Å². The molecule has 0 aliphatic carbocycles. The number of rotatable bonds is 4. The van der Waals surface area contributed by atoms with Gasteiger partial charge in [0, 0.05) is 19.6 Å². The van der Waals surface area contributed by atoms with Crippen molar-refractivity contribution in [1.82, 2.24) is 15.3 Å². The summed E-state index contributed by atoms with van der Waals surface area (Å²) in [5.74, 6) is 0.664. The van der Waals surface area contributed by atoms with Crippen LogP contribution in [0.2, 0.25) is 0 Å². The number of nitrogens with zero attached hydrogens (tertiary/aromatic N) is 2. The molecular formula is C15H24N4O2. The maximum Gasteiger partial charge on any atom is 0.272 e. The van der Waals surface area contributed by atoms with Gasteiger partial charge >= 0.3 is 0 Å². The molecule has 21 heavy (non-hydrogen) atoms. The maximum absolute atomic E-state index is 12.6. The lowest BCUT2D eigenvalue weighted by Gasteiger charge is -2.34. The van der Waals surface area contributed by atoms with Crippen LogP contribution in [0.3, 0.4) is 0 Å². The van der Waals surface area contributed by atoms with Gasteiger partial charge in [0.25, 0.3) is 5.91 Å². The van der Waals surface area contributed by atoms with E-state index in [1.54, 1.807) is 13.2 Å². The van der Waals surface area contributed by atoms with Crippen molar-refractivity contribution < 1.29 is 9.53 Å². The molecule has 0 saturated carbocycles. The van der Waals surface area contributed by atoms with Gasteiger partial charge < -0.3 is 15.4 Å². The van der Waals surface area contributed by atoms with E-state index in [0.29, 0.717) is 23.8 Å². The number of aromatic nitrogens is 2. The Bertz CT molecular complexity index is 510. The van der Waals surface area contributed by atoms with Gasteiger partial charge in [0.05, 0.1) is 24.0 Å². The second-order valence-corrected chi connectivity index (χ2v) is 6.07. The minimum Gasteiger partial charge on any atom is -0.385 e. The largest absolute Gasteiger partial charge is 0.385 e. The van der Waals surface area contributed by atoms with Gasteiger partial charge in [-0.15, -0.1) is 0 Å². The summed E-state index contributed by atoms with van der Waals surface area (Å²) in [5, 5.41) is 6.03. The van der Waals surface area contributed by atoms with E-state index in [1.165, 1.54) is 0 Å². The molecule has 2 N–H and O–H groups in total. The Balaban J connectivity index is 2.22. The monoisotopic (exact) mass is 292 g/mol. The SMILES string of the molecule is CNc1cnc(C(C)C)nc1C(=O)NC1(C)CCCOC1.